The van der Waals surface area contributed by atoms with Crippen LogP contribution in [0.15, 0.2) is 0 Å². The molecule has 1 aromatic heterocycles. The van der Waals surface area contributed by atoms with Crippen LogP contribution in [0.1, 0.15) is 53.8 Å². The van der Waals surface area contributed by atoms with E-state index in [1.807, 2.05) is 4.90 Å². The van der Waals surface area contributed by atoms with E-state index in [4.69, 9.17) is 0 Å². The summed E-state index contributed by atoms with van der Waals surface area (Å²) in [6, 6.07) is 0. The van der Waals surface area contributed by atoms with Gasteiger partial charge in [0.1, 0.15) is 0 Å². The van der Waals surface area contributed by atoms with Gasteiger partial charge in [0.15, 0.2) is 5.69 Å². The van der Waals surface area contributed by atoms with Crippen molar-refractivity contribution in [3.8, 4) is 0 Å². The molecule has 0 radical (unpaired) electrons. The number of fused-ring (bicyclic) bond motifs is 1. The van der Waals surface area contributed by atoms with Crippen LogP contribution in [0.25, 0.3) is 0 Å². The number of piperazine rings is 1. The largest absolute Gasteiger partial charge is 0.356 e. The van der Waals surface area contributed by atoms with E-state index in [0.29, 0.717) is 25.2 Å². The van der Waals surface area contributed by atoms with E-state index in [1.165, 1.54) is 6.42 Å². The molecule has 0 aromatic carbocycles. The summed E-state index contributed by atoms with van der Waals surface area (Å²) >= 11 is 0. The molecule has 2 aliphatic heterocycles. The lowest BCUT2D eigenvalue weighted by Gasteiger charge is -2.49. The number of amides is 2. The Morgan fingerprint density at radius 3 is 2.88 bits per heavy atom. The van der Waals surface area contributed by atoms with Crippen LogP contribution in [0.3, 0.4) is 0 Å². The van der Waals surface area contributed by atoms with Crippen LogP contribution >= 0.6 is 0 Å². The standard InChI is InChI=1S/C18H27N5O2/c1-22-10-11-23(12-18(22)7-6-15(24)19-9-8-18)17(25)16-13-4-2-3-5-14(13)20-21-16/h2-12H2,1H3,(H,19,24)(H,20,21)/t18-/m0/s1. The average Bonchev–Trinajstić information content (AvgIpc) is 2.96. The van der Waals surface area contributed by atoms with Crippen molar-refractivity contribution in [3.05, 3.63) is 17.0 Å². The van der Waals surface area contributed by atoms with Crippen molar-refractivity contribution in [2.45, 2.75) is 50.5 Å². The fourth-order valence-electron chi connectivity index (χ4n) is 4.58. The molecule has 2 fully saturated rings. The quantitative estimate of drug-likeness (QED) is 0.786. The monoisotopic (exact) mass is 345 g/mol. The van der Waals surface area contributed by atoms with Gasteiger partial charge in [-0.05, 0) is 45.6 Å². The van der Waals surface area contributed by atoms with E-state index >= 15 is 0 Å². The predicted octanol–water partition coefficient (Wildman–Crippen LogP) is 0.715. The molecule has 2 saturated heterocycles. The van der Waals surface area contributed by atoms with E-state index in [0.717, 1.165) is 56.5 Å². The highest BCUT2D eigenvalue weighted by Crippen LogP contribution is 2.31. The van der Waals surface area contributed by atoms with E-state index < -0.39 is 0 Å². The fourth-order valence-corrected chi connectivity index (χ4v) is 4.58. The van der Waals surface area contributed by atoms with Gasteiger partial charge in [-0.15, -0.1) is 0 Å². The summed E-state index contributed by atoms with van der Waals surface area (Å²) in [5, 5.41) is 10.4. The maximum absolute atomic E-state index is 13.2. The van der Waals surface area contributed by atoms with E-state index in [2.05, 4.69) is 27.5 Å². The molecule has 2 amide bonds. The minimum atomic E-state index is -0.108. The van der Waals surface area contributed by atoms with E-state index in [1.54, 1.807) is 0 Å². The molecule has 0 bridgehead atoms. The molecule has 4 rings (SSSR count). The van der Waals surface area contributed by atoms with Crippen LogP contribution in [0.2, 0.25) is 0 Å². The second kappa shape index (κ2) is 6.44. The van der Waals surface area contributed by atoms with Crippen LogP contribution in [-0.4, -0.2) is 70.6 Å². The number of aryl methyl sites for hydroxylation is 1. The van der Waals surface area contributed by atoms with Crippen molar-refractivity contribution in [1.29, 1.82) is 0 Å². The molecule has 1 aliphatic carbocycles. The third kappa shape index (κ3) is 2.94. The Balaban J connectivity index is 1.55. The Kier molecular flexibility index (Phi) is 4.27. The number of likely N-dealkylation sites (N-methyl/N-ethyl adjacent to an activating group) is 1. The van der Waals surface area contributed by atoms with Gasteiger partial charge in [0.2, 0.25) is 5.91 Å². The number of aromatic amines is 1. The van der Waals surface area contributed by atoms with Gasteiger partial charge in [-0.1, -0.05) is 0 Å². The summed E-state index contributed by atoms with van der Waals surface area (Å²) in [7, 11) is 2.12. The Morgan fingerprint density at radius 1 is 1.16 bits per heavy atom. The van der Waals surface area contributed by atoms with Crippen molar-refractivity contribution >= 4 is 11.8 Å². The number of nitrogens with zero attached hydrogens (tertiary/aromatic N) is 3. The smallest absolute Gasteiger partial charge is 0.274 e. The van der Waals surface area contributed by atoms with Crippen LogP contribution < -0.4 is 5.32 Å². The van der Waals surface area contributed by atoms with Gasteiger partial charge in [-0.2, -0.15) is 5.10 Å². The molecule has 136 valence electrons. The molecule has 1 spiro atoms. The molecule has 2 N–H and O–H groups in total. The van der Waals surface area contributed by atoms with Gasteiger partial charge in [-0.25, -0.2) is 0 Å². The van der Waals surface area contributed by atoms with Crippen molar-refractivity contribution < 1.29 is 9.59 Å². The first-order chi connectivity index (χ1) is 12.1. The normalized spacial score (nSPS) is 27.7. The van der Waals surface area contributed by atoms with Gasteiger partial charge in [0.05, 0.1) is 0 Å². The van der Waals surface area contributed by atoms with Crippen LogP contribution in [0.4, 0.5) is 0 Å². The molecule has 7 heteroatoms. The average molecular weight is 345 g/mol. The zero-order chi connectivity index (χ0) is 17.4. The summed E-state index contributed by atoms with van der Waals surface area (Å²) in [6.07, 6.45) is 6.47. The van der Waals surface area contributed by atoms with Gasteiger partial charge in [-0.3, -0.25) is 19.6 Å². The number of carbonyl (C=O) groups is 2. The van der Waals surface area contributed by atoms with Crippen molar-refractivity contribution in [3.63, 3.8) is 0 Å². The van der Waals surface area contributed by atoms with Crippen molar-refractivity contribution in [2.24, 2.45) is 0 Å². The third-order valence-corrected chi connectivity index (χ3v) is 6.28. The second-order valence-corrected chi connectivity index (χ2v) is 7.71. The molecule has 0 saturated carbocycles. The lowest BCUT2D eigenvalue weighted by Crippen LogP contribution is -2.62. The lowest BCUT2D eigenvalue weighted by molar-refractivity contribution is -0.121. The van der Waals surface area contributed by atoms with Crippen molar-refractivity contribution in [2.75, 3.05) is 33.2 Å². The minimum absolute atomic E-state index is 0.0513. The zero-order valence-corrected chi connectivity index (χ0v) is 14.9. The first-order valence-electron chi connectivity index (χ1n) is 9.42. The van der Waals surface area contributed by atoms with Crippen molar-refractivity contribution in [1.82, 2.24) is 25.3 Å². The zero-order valence-electron chi connectivity index (χ0n) is 14.9. The first-order valence-corrected chi connectivity index (χ1v) is 9.42. The van der Waals surface area contributed by atoms with Gasteiger partial charge < -0.3 is 10.2 Å². The SMILES string of the molecule is CN1CCN(C(=O)c2n[nH]c3c2CCCC3)C[C@]12CCNC(=O)CC2. The van der Waals surface area contributed by atoms with Crippen LogP contribution in [0.5, 0.6) is 0 Å². The number of aromatic nitrogens is 2. The first kappa shape index (κ1) is 16.6. The molecule has 1 atom stereocenters. The summed E-state index contributed by atoms with van der Waals surface area (Å²) < 4.78 is 0. The van der Waals surface area contributed by atoms with E-state index in [-0.39, 0.29) is 17.4 Å². The number of rotatable bonds is 1. The highest BCUT2D eigenvalue weighted by Gasteiger charge is 2.43. The molecule has 7 nitrogen and oxygen atoms in total. The number of carbonyl (C=O) groups excluding carboxylic acids is 2. The molecule has 25 heavy (non-hydrogen) atoms. The molecule has 0 unspecified atom stereocenters. The Bertz CT molecular complexity index is 685. The molecule has 1 aromatic rings. The second-order valence-electron chi connectivity index (χ2n) is 7.71. The van der Waals surface area contributed by atoms with Crippen LogP contribution in [0, 0.1) is 0 Å². The summed E-state index contributed by atoms with van der Waals surface area (Å²) in [5.41, 5.74) is 2.78. The number of hydrogen-bond donors (Lipinski definition) is 2. The topological polar surface area (TPSA) is 81.3 Å². The lowest BCUT2D eigenvalue weighted by atomic mass is 9.86. The summed E-state index contributed by atoms with van der Waals surface area (Å²) in [5.74, 6) is 0.172. The molecular weight excluding hydrogens is 318 g/mol. The van der Waals surface area contributed by atoms with Gasteiger partial charge in [0, 0.05) is 49.4 Å². The van der Waals surface area contributed by atoms with Crippen LogP contribution in [-0.2, 0) is 17.6 Å². The fraction of sp³-hybridized carbons (Fsp3) is 0.722. The highest BCUT2D eigenvalue weighted by molar-refractivity contribution is 5.94. The Labute approximate surface area is 148 Å². The van der Waals surface area contributed by atoms with Gasteiger partial charge in [0.25, 0.3) is 5.91 Å². The van der Waals surface area contributed by atoms with E-state index in [9.17, 15) is 9.59 Å². The number of nitrogens with one attached hydrogen (secondary N) is 2. The number of hydrogen-bond acceptors (Lipinski definition) is 4. The molecular formula is C18H27N5O2. The maximum atomic E-state index is 13.2. The Hall–Kier alpha value is -1.89. The van der Waals surface area contributed by atoms with Gasteiger partial charge >= 0.3 is 0 Å². The molecule has 3 heterocycles. The molecule has 3 aliphatic rings. The Morgan fingerprint density at radius 2 is 2.00 bits per heavy atom. The summed E-state index contributed by atoms with van der Waals surface area (Å²) in [4.78, 5) is 29.2. The third-order valence-electron chi connectivity index (χ3n) is 6.28. The number of H-pyrrole nitrogens is 1. The highest BCUT2D eigenvalue weighted by atomic mass is 16.2. The summed E-state index contributed by atoms with van der Waals surface area (Å²) in [6.45, 7) is 2.93. The predicted molar refractivity (Wildman–Crippen MR) is 93.4 cm³/mol. The maximum Gasteiger partial charge on any atom is 0.274 e. The minimum Gasteiger partial charge on any atom is -0.356 e.